The fraction of sp³-hybridized carbons (Fsp3) is 0.467. The SMILES string of the molecule is CCN(CC)[C@H](CNC(=O)Nc1cc(C)on1)c1ccsc1. The highest BCUT2D eigenvalue weighted by molar-refractivity contribution is 7.07. The van der Waals surface area contributed by atoms with Crippen molar-refractivity contribution in [3.63, 3.8) is 0 Å². The molecule has 0 aliphatic carbocycles. The molecular weight excluding hydrogens is 300 g/mol. The van der Waals surface area contributed by atoms with Crippen LogP contribution in [0.1, 0.15) is 31.2 Å². The highest BCUT2D eigenvalue weighted by atomic mass is 32.1. The minimum Gasteiger partial charge on any atom is -0.360 e. The second-order valence-corrected chi connectivity index (χ2v) is 5.73. The zero-order valence-electron chi connectivity index (χ0n) is 13.1. The van der Waals surface area contributed by atoms with Gasteiger partial charge in [0.05, 0.1) is 6.04 Å². The standard InChI is InChI=1S/C15H22N4O2S/c1-4-19(5-2)13(12-6-7-22-10-12)9-16-15(20)17-14-8-11(3)21-18-14/h6-8,10,13H,4-5,9H2,1-3H3,(H2,16,17,18,20)/t13-/m1/s1. The molecular formula is C15H22N4O2S. The third kappa shape index (κ3) is 4.32. The number of aromatic nitrogens is 1. The largest absolute Gasteiger partial charge is 0.360 e. The molecule has 0 fully saturated rings. The van der Waals surface area contributed by atoms with Gasteiger partial charge in [-0.1, -0.05) is 19.0 Å². The zero-order chi connectivity index (χ0) is 15.9. The Kier molecular flexibility index (Phi) is 5.97. The number of amides is 2. The molecule has 2 aromatic heterocycles. The molecule has 0 aromatic carbocycles. The summed E-state index contributed by atoms with van der Waals surface area (Å²) in [5.41, 5.74) is 1.23. The van der Waals surface area contributed by atoms with Crippen molar-refractivity contribution in [1.82, 2.24) is 15.4 Å². The van der Waals surface area contributed by atoms with Crippen molar-refractivity contribution in [3.05, 3.63) is 34.2 Å². The predicted octanol–water partition coefficient (Wildman–Crippen LogP) is 3.25. The van der Waals surface area contributed by atoms with Crippen LogP contribution < -0.4 is 10.6 Å². The molecule has 0 aliphatic rings. The highest BCUT2D eigenvalue weighted by Gasteiger charge is 2.19. The van der Waals surface area contributed by atoms with Gasteiger partial charge in [-0.3, -0.25) is 10.2 Å². The Bertz CT molecular complexity index is 578. The van der Waals surface area contributed by atoms with Gasteiger partial charge in [0.25, 0.3) is 0 Å². The normalized spacial score (nSPS) is 12.4. The molecule has 0 unspecified atom stereocenters. The molecule has 2 aromatic rings. The number of nitrogens with zero attached hydrogens (tertiary/aromatic N) is 2. The van der Waals surface area contributed by atoms with Crippen LogP contribution in [0.2, 0.25) is 0 Å². The lowest BCUT2D eigenvalue weighted by Gasteiger charge is -2.29. The molecule has 0 aliphatic heterocycles. The van der Waals surface area contributed by atoms with E-state index in [2.05, 4.69) is 51.4 Å². The minimum absolute atomic E-state index is 0.172. The van der Waals surface area contributed by atoms with Crippen molar-refractivity contribution >= 4 is 23.2 Å². The van der Waals surface area contributed by atoms with E-state index in [1.54, 1.807) is 24.3 Å². The summed E-state index contributed by atoms with van der Waals surface area (Å²) in [5, 5.41) is 13.5. The second-order valence-electron chi connectivity index (χ2n) is 4.95. The van der Waals surface area contributed by atoms with E-state index in [1.807, 2.05) is 0 Å². The lowest BCUT2D eigenvalue weighted by Crippen LogP contribution is -2.39. The molecule has 6 nitrogen and oxygen atoms in total. The van der Waals surface area contributed by atoms with E-state index in [0.29, 0.717) is 18.1 Å². The number of hydrogen-bond acceptors (Lipinski definition) is 5. The van der Waals surface area contributed by atoms with Gasteiger partial charge in [-0.2, -0.15) is 11.3 Å². The summed E-state index contributed by atoms with van der Waals surface area (Å²) in [4.78, 5) is 14.3. The predicted molar refractivity (Wildman–Crippen MR) is 88.2 cm³/mol. The molecule has 2 amide bonds. The van der Waals surface area contributed by atoms with E-state index in [-0.39, 0.29) is 12.1 Å². The van der Waals surface area contributed by atoms with E-state index >= 15 is 0 Å². The van der Waals surface area contributed by atoms with Gasteiger partial charge >= 0.3 is 6.03 Å². The molecule has 0 bridgehead atoms. The van der Waals surface area contributed by atoms with Gasteiger partial charge in [0.2, 0.25) is 0 Å². The molecule has 22 heavy (non-hydrogen) atoms. The highest BCUT2D eigenvalue weighted by Crippen LogP contribution is 2.22. The number of anilines is 1. The number of carbonyl (C=O) groups is 1. The fourth-order valence-corrected chi connectivity index (χ4v) is 3.07. The number of nitrogens with one attached hydrogen (secondary N) is 2. The summed E-state index contributed by atoms with van der Waals surface area (Å²) in [7, 11) is 0. The third-order valence-electron chi connectivity index (χ3n) is 3.51. The summed E-state index contributed by atoms with van der Waals surface area (Å²) in [6.07, 6.45) is 0. The van der Waals surface area contributed by atoms with Gasteiger partial charge < -0.3 is 9.84 Å². The smallest absolute Gasteiger partial charge is 0.320 e. The molecule has 1 atom stereocenters. The van der Waals surface area contributed by atoms with Crippen molar-refractivity contribution < 1.29 is 9.32 Å². The first-order valence-corrected chi connectivity index (χ1v) is 8.32. The maximum Gasteiger partial charge on any atom is 0.320 e. The van der Waals surface area contributed by atoms with Gasteiger partial charge in [-0.25, -0.2) is 4.79 Å². The number of urea groups is 1. The summed E-state index contributed by atoms with van der Waals surface area (Å²) in [5.74, 6) is 1.08. The molecule has 7 heteroatoms. The Hall–Kier alpha value is -1.86. The second kappa shape index (κ2) is 7.95. The van der Waals surface area contributed by atoms with Gasteiger partial charge in [0.15, 0.2) is 5.82 Å². The monoisotopic (exact) mass is 322 g/mol. The van der Waals surface area contributed by atoms with Crippen LogP contribution in [0.4, 0.5) is 10.6 Å². The summed E-state index contributed by atoms with van der Waals surface area (Å²) >= 11 is 1.67. The van der Waals surface area contributed by atoms with Crippen molar-refractivity contribution in [2.24, 2.45) is 0 Å². The van der Waals surface area contributed by atoms with E-state index in [1.165, 1.54) is 5.56 Å². The quantitative estimate of drug-likeness (QED) is 0.821. The molecule has 0 saturated heterocycles. The minimum atomic E-state index is -0.277. The lowest BCUT2D eigenvalue weighted by atomic mass is 10.1. The van der Waals surface area contributed by atoms with Crippen molar-refractivity contribution in [3.8, 4) is 0 Å². The Morgan fingerprint density at radius 3 is 2.77 bits per heavy atom. The van der Waals surface area contributed by atoms with Crippen LogP contribution in [0.25, 0.3) is 0 Å². The molecule has 0 spiro atoms. The number of hydrogen-bond donors (Lipinski definition) is 2. The fourth-order valence-electron chi connectivity index (χ4n) is 2.36. The Labute approximate surface area is 134 Å². The average molecular weight is 322 g/mol. The topological polar surface area (TPSA) is 70.4 Å². The van der Waals surface area contributed by atoms with Gasteiger partial charge in [-0.15, -0.1) is 0 Å². The molecule has 2 heterocycles. The summed E-state index contributed by atoms with van der Waals surface area (Å²) in [6, 6.07) is 3.68. The Morgan fingerprint density at radius 2 is 2.23 bits per heavy atom. The number of carbonyl (C=O) groups excluding carboxylic acids is 1. The first-order valence-electron chi connectivity index (χ1n) is 7.38. The van der Waals surface area contributed by atoms with Crippen LogP contribution in [-0.4, -0.2) is 35.7 Å². The van der Waals surface area contributed by atoms with E-state index in [0.717, 1.165) is 13.1 Å². The first-order chi connectivity index (χ1) is 10.6. The third-order valence-corrected chi connectivity index (χ3v) is 4.21. The summed E-state index contributed by atoms with van der Waals surface area (Å²) in [6.45, 7) is 8.44. The average Bonchev–Trinajstić information content (AvgIpc) is 3.15. The number of aryl methyl sites for hydroxylation is 1. The van der Waals surface area contributed by atoms with Crippen molar-refractivity contribution in [2.75, 3.05) is 25.0 Å². The van der Waals surface area contributed by atoms with Crippen LogP contribution in [0.5, 0.6) is 0 Å². The van der Waals surface area contributed by atoms with E-state index in [4.69, 9.17) is 4.52 Å². The zero-order valence-corrected chi connectivity index (χ0v) is 13.9. The maximum absolute atomic E-state index is 12.0. The van der Waals surface area contributed by atoms with Crippen LogP contribution in [0, 0.1) is 6.92 Å². The van der Waals surface area contributed by atoms with Crippen LogP contribution in [0.3, 0.4) is 0 Å². The van der Waals surface area contributed by atoms with Crippen molar-refractivity contribution in [2.45, 2.75) is 26.8 Å². The molecule has 2 rings (SSSR count). The molecule has 120 valence electrons. The van der Waals surface area contributed by atoms with Crippen molar-refractivity contribution in [1.29, 1.82) is 0 Å². The maximum atomic E-state index is 12.0. The van der Waals surface area contributed by atoms with E-state index in [9.17, 15) is 4.79 Å². The van der Waals surface area contributed by atoms with Gasteiger partial charge in [0, 0.05) is 12.6 Å². The molecule has 0 radical (unpaired) electrons. The lowest BCUT2D eigenvalue weighted by molar-refractivity contribution is 0.210. The molecule has 2 N–H and O–H groups in total. The Balaban J connectivity index is 1.94. The Morgan fingerprint density at radius 1 is 1.45 bits per heavy atom. The van der Waals surface area contributed by atoms with E-state index < -0.39 is 0 Å². The van der Waals surface area contributed by atoms with Gasteiger partial charge in [0.1, 0.15) is 5.76 Å². The van der Waals surface area contributed by atoms with Crippen LogP contribution in [-0.2, 0) is 0 Å². The molecule has 0 saturated carbocycles. The first kappa shape index (κ1) is 16.5. The summed E-state index contributed by atoms with van der Waals surface area (Å²) < 4.78 is 4.92. The number of thiophene rings is 1. The van der Waals surface area contributed by atoms with Crippen LogP contribution >= 0.6 is 11.3 Å². The van der Waals surface area contributed by atoms with Gasteiger partial charge in [-0.05, 0) is 42.4 Å². The number of likely N-dealkylation sites (N-methyl/N-ethyl adjacent to an activating group) is 1. The number of rotatable bonds is 7. The van der Waals surface area contributed by atoms with Crippen LogP contribution in [0.15, 0.2) is 27.4 Å².